The van der Waals surface area contributed by atoms with Gasteiger partial charge in [0.25, 0.3) is 0 Å². The Bertz CT molecular complexity index is 702. The van der Waals surface area contributed by atoms with Crippen LogP contribution in [0.4, 0.5) is 10.2 Å². The SMILES string of the molecule is COc1ccc(C=NOc2ncc(F)c(N=CN(C)C)n2)cc1. The summed E-state index contributed by atoms with van der Waals surface area (Å²) in [5, 5.41) is 3.76. The van der Waals surface area contributed by atoms with Gasteiger partial charge in [-0.1, -0.05) is 5.16 Å². The average Bonchev–Trinajstić information content (AvgIpc) is 2.55. The highest BCUT2D eigenvalue weighted by Gasteiger charge is 2.06. The number of aromatic nitrogens is 2. The molecule has 120 valence electrons. The standard InChI is InChI=1S/C15H16FN5O2/c1-21(2)10-18-14-13(16)9-17-15(20-14)23-19-8-11-4-6-12(22-3)7-5-11/h4-10H,1-3H3. The third-order valence-corrected chi connectivity index (χ3v) is 2.57. The van der Waals surface area contributed by atoms with Gasteiger partial charge >= 0.3 is 6.01 Å². The monoisotopic (exact) mass is 317 g/mol. The molecule has 23 heavy (non-hydrogen) atoms. The second kappa shape index (κ2) is 7.83. The highest BCUT2D eigenvalue weighted by Crippen LogP contribution is 2.16. The molecule has 0 saturated carbocycles. The Balaban J connectivity index is 2.04. The van der Waals surface area contributed by atoms with Crippen LogP contribution in [0.15, 0.2) is 40.6 Å². The first-order valence-electron chi connectivity index (χ1n) is 6.66. The molecule has 0 saturated heterocycles. The fourth-order valence-electron chi connectivity index (χ4n) is 1.47. The molecule has 2 rings (SSSR count). The molecule has 1 heterocycles. The lowest BCUT2D eigenvalue weighted by atomic mass is 10.2. The molecule has 7 nitrogen and oxygen atoms in total. The van der Waals surface area contributed by atoms with Gasteiger partial charge in [-0.15, -0.1) is 0 Å². The quantitative estimate of drug-likeness (QED) is 0.464. The summed E-state index contributed by atoms with van der Waals surface area (Å²) in [7, 11) is 5.12. The molecule has 0 fully saturated rings. The number of ether oxygens (including phenoxy) is 1. The Morgan fingerprint density at radius 2 is 1.96 bits per heavy atom. The van der Waals surface area contributed by atoms with Crippen LogP contribution in [0.25, 0.3) is 0 Å². The molecular weight excluding hydrogens is 301 g/mol. The molecule has 1 aromatic heterocycles. The van der Waals surface area contributed by atoms with Crippen LogP contribution in [0, 0.1) is 5.82 Å². The number of methoxy groups -OCH3 is 1. The molecule has 0 aliphatic carbocycles. The molecule has 0 unspecified atom stereocenters. The van der Waals surface area contributed by atoms with E-state index in [1.54, 1.807) is 38.2 Å². The number of hydrogen-bond donors (Lipinski definition) is 0. The summed E-state index contributed by atoms with van der Waals surface area (Å²) in [6.45, 7) is 0. The average molecular weight is 317 g/mol. The van der Waals surface area contributed by atoms with Crippen LogP contribution in [0.1, 0.15) is 5.56 Å². The Morgan fingerprint density at radius 3 is 2.61 bits per heavy atom. The van der Waals surface area contributed by atoms with Gasteiger partial charge < -0.3 is 14.5 Å². The van der Waals surface area contributed by atoms with E-state index in [4.69, 9.17) is 9.57 Å². The van der Waals surface area contributed by atoms with Crippen molar-refractivity contribution in [3.05, 3.63) is 41.8 Å². The molecule has 0 atom stereocenters. The Morgan fingerprint density at radius 1 is 1.22 bits per heavy atom. The lowest BCUT2D eigenvalue weighted by Gasteiger charge is -2.03. The van der Waals surface area contributed by atoms with Gasteiger partial charge in [0.1, 0.15) is 5.75 Å². The Hall–Kier alpha value is -3.03. The van der Waals surface area contributed by atoms with E-state index in [0.717, 1.165) is 17.5 Å². The number of aliphatic imine (C=N–C) groups is 1. The highest BCUT2D eigenvalue weighted by atomic mass is 19.1. The molecule has 0 bridgehead atoms. The smallest absolute Gasteiger partial charge is 0.347 e. The van der Waals surface area contributed by atoms with Crippen molar-refractivity contribution in [2.45, 2.75) is 0 Å². The normalized spacial score (nSPS) is 11.1. The van der Waals surface area contributed by atoms with Crippen molar-refractivity contribution in [3.63, 3.8) is 0 Å². The van der Waals surface area contributed by atoms with E-state index in [9.17, 15) is 4.39 Å². The van der Waals surface area contributed by atoms with Crippen LogP contribution in [0.5, 0.6) is 11.8 Å². The fourth-order valence-corrected chi connectivity index (χ4v) is 1.47. The largest absolute Gasteiger partial charge is 0.497 e. The maximum Gasteiger partial charge on any atom is 0.347 e. The zero-order valence-electron chi connectivity index (χ0n) is 13.0. The predicted octanol–water partition coefficient (Wildman–Crippen LogP) is 2.26. The van der Waals surface area contributed by atoms with Gasteiger partial charge in [0.15, 0.2) is 11.6 Å². The highest BCUT2D eigenvalue weighted by molar-refractivity contribution is 5.79. The van der Waals surface area contributed by atoms with Gasteiger partial charge in [-0.2, -0.15) is 9.97 Å². The van der Waals surface area contributed by atoms with Crippen molar-refractivity contribution < 1.29 is 14.0 Å². The first kappa shape index (κ1) is 16.3. The van der Waals surface area contributed by atoms with Crippen LogP contribution in [-0.2, 0) is 0 Å². The summed E-state index contributed by atoms with van der Waals surface area (Å²) >= 11 is 0. The topological polar surface area (TPSA) is 72.2 Å². The predicted molar refractivity (Wildman–Crippen MR) is 85.0 cm³/mol. The minimum absolute atomic E-state index is 0.0953. The summed E-state index contributed by atoms with van der Waals surface area (Å²) in [4.78, 5) is 18.1. The number of nitrogens with zero attached hydrogens (tertiary/aromatic N) is 5. The number of rotatable bonds is 6. The molecule has 8 heteroatoms. The number of oxime groups is 1. The molecular formula is C15H16FN5O2. The van der Waals surface area contributed by atoms with Gasteiger partial charge in [0.2, 0.25) is 0 Å². The van der Waals surface area contributed by atoms with Crippen molar-refractivity contribution >= 4 is 18.4 Å². The maximum absolute atomic E-state index is 13.5. The van der Waals surface area contributed by atoms with Gasteiger partial charge in [-0.25, -0.2) is 9.38 Å². The van der Waals surface area contributed by atoms with Crippen LogP contribution < -0.4 is 9.57 Å². The van der Waals surface area contributed by atoms with E-state index in [1.807, 2.05) is 12.1 Å². The summed E-state index contributed by atoms with van der Waals surface area (Å²) in [6, 6.07) is 7.11. The van der Waals surface area contributed by atoms with Crippen LogP contribution >= 0.6 is 0 Å². The van der Waals surface area contributed by atoms with E-state index in [1.165, 1.54) is 12.6 Å². The second-order valence-electron chi connectivity index (χ2n) is 4.63. The summed E-state index contributed by atoms with van der Waals surface area (Å²) in [6.07, 6.45) is 3.89. The van der Waals surface area contributed by atoms with E-state index in [0.29, 0.717) is 0 Å². The molecule has 1 aromatic carbocycles. The fraction of sp³-hybridized carbons (Fsp3) is 0.200. The van der Waals surface area contributed by atoms with Crippen LogP contribution in [-0.4, -0.2) is 48.6 Å². The molecule has 0 amide bonds. The minimum Gasteiger partial charge on any atom is -0.497 e. The minimum atomic E-state index is -0.644. The van der Waals surface area contributed by atoms with Gasteiger partial charge in [-0.3, -0.25) is 0 Å². The van der Waals surface area contributed by atoms with Crippen LogP contribution in [0.3, 0.4) is 0 Å². The van der Waals surface area contributed by atoms with Gasteiger partial charge in [0.05, 0.1) is 25.9 Å². The van der Waals surface area contributed by atoms with E-state index < -0.39 is 5.82 Å². The van der Waals surface area contributed by atoms with E-state index in [2.05, 4.69) is 20.1 Å². The van der Waals surface area contributed by atoms with Crippen molar-refractivity contribution in [1.29, 1.82) is 0 Å². The number of benzene rings is 1. The number of halogens is 1. The van der Waals surface area contributed by atoms with Gasteiger partial charge in [0, 0.05) is 14.1 Å². The zero-order valence-corrected chi connectivity index (χ0v) is 13.0. The molecule has 2 aromatic rings. The van der Waals surface area contributed by atoms with Crippen molar-refractivity contribution in [2.24, 2.45) is 10.1 Å². The van der Waals surface area contributed by atoms with Crippen molar-refractivity contribution in [1.82, 2.24) is 14.9 Å². The first-order chi connectivity index (χ1) is 11.1. The molecule has 0 radical (unpaired) electrons. The second-order valence-corrected chi connectivity index (χ2v) is 4.63. The maximum atomic E-state index is 13.5. The summed E-state index contributed by atoms with van der Waals surface area (Å²) in [5.41, 5.74) is 0.804. The van der Waals surface area contributed by atoms with E-state index >= 15 is 0 Å². The Kier molecular flexibility index (Phi) is 5.56. The zero-order chi connectivity index (χ0) is 16.7. The van der Waals surface area contributed by atoms with Crippen molar-refractivity contribution in [3.8, 4) is 11.8 Å². The summed E-state index contributed by atoms with van der Waals surface area (Å²) < 4.78 is 18.6. The first-order valence-corrected chi connectivity index (χ1v) is 6.66. The third-order valence-electron chi connectivity index (χ3n) is 2.57. The van der Waals surface area contributed by atoms with Gasteiger partial charge in [-0.05, 0) is 29.8 Å². The van der Waals surface area contributed by atoms with Crippen LogP contribution in [0.2, 0.25) is 0 Å². The van der Waals surface area contributed by atoms with E-state index in [-0.39, 0.29) is 11.8 Å². The number of hydrogen-bond acceptors (Lipinski definition) is 6. The van der Waals surface area contributed by atoms with Crippen molar-refractivity contribution in [2.75, 3.05) is 21.2 Å². The lowest BCUT2D eigenvalue weighted by Crippen LogP contribution is -2.07. The lowest BCUT2D eigenvalue weighted by molar-refractivity contribution is 0.313. The summed E-state index contributed by atoms with van der Waals surface area (Å²) in [5.74, 6) is -0.0220. The molecule has 0 aliphatic rings. The third kappa shape index (κ3) is 5.03. The Labute approximate surface area is 133 Å². The molecule has 0 N–H and O–H groups in total. The molecule has 0 spiro atoms. The molecule has 0 aliphatic heterocycles.